The molecule has 5 heteroatoms. The Balaban J connectivity index is 2.61. The molecule has 0 saturated heterocycles. The van der Waals surface area contributed by atoms with Gasteiger partial charge in [0, 0.05) is 22.9 Å². The van der Waals surface area contributed by atoms with Crippen molar-refractivity contribution in [2.75, 3.05) is 0 Å². The smallest absolute Gasteiger partial charge is 0.267 e. The molecule has 0 N–H and O–H groups in total. The van der Waals surface area contributed by atoms with Crippen molar-refractivity contribution in [1.82, 2.24) is 5.32 Å². The van der Waals surface area contributed by atoms with E-state index in [1.165, 1.54) is 12.3 Å². The first-order valence-corrected chi connectivity index (χ1v) is 6.14. The molecular formula is C14H5Cl2N2O. The fourth-order valence-electron chi connectivity index (χ4n) is 2.11. The first-order chi connectivity index (χ1) is 9.10. The van der Waals surface area contributed by atoms with Gasteiger partial charge in [0.05, 0.1) is 21.7 Å². The Morgan fingerprint density at radius 3 is 2.47 bits per heavy atom. The molecule has 0 spiro atoms. The van der Waals surface area contributed by atoms with Crippen molar-refractivity contribution in [3.05, 3.63) is 44.2 Å². The molecule has 1 aliphatic rings. The number of fused-ring (bicyclic) bond motifs is 3. The number of nitrogens with zero attached hydrogens (tertiary/aromatic N) is 2. The number of halogens is 2. The zero-order chi connectivity index (χ0) is 13.6. The van der Waals surface area contributed by atoms with Crippen LogP contribution >= 0.6 is 23.2 Å². The van der Waals surface area contributed by atoms with Gasteiger partial charge in [-0.05, 0) is 28.8 Å². The summed E-state index contributed by atoms with van der Waals surface area (Å²) in [6.07, 6.45) is 2.89. The van der Waals surface area contributed by atoms with E-state index in [2.05, 4.69) is 11.4 Å². The van der Waals surface area contributed by atoms with Crippen molar-refractivity contribution in [2.45, 2.75) is 0 Å². The van der Waals surface area contributed by atoms with E-state index >= 15 is 0 Å². The maximum atomic E-state index is 11.3. The molecule has 3 rings (SSSR count). The zero-order valence-electron chi connectivity index (χ0n) is 9.45. The lowest BCUT2D eigenvalue weighted by Crippen LogP contribution is -2.34. The predicted octanol–water partition coefficient (Wildman–Crippen LogP) is 1.68. The molecule has 91 valence electrons. The molecule has 1 aliphatic heterocycles. The lowest BCUT2D eigenvalue weighted by atomic mass is 10.0. The highest BCUT2D eigenvalue weighted by atomic mass is 35.5. The minimum Gasteiger partial charge on any atom is -0.267 e. The molecule has 0 fully saturated rings. The topological polar surface area (TPSA) is 55.0 Å². The van der Waals surface area contributed by atoms with Crippen molar-refractivity contribution in [2.24, 2.45) is 0 Å². The van der Waals surface area contributed by atoms with Gasteiger partial charge in [-0.1, -0.05) is 23.2 Å². The number of rotatable bonds is 0. The lowest BCUT2D eigenvalue weighted by molar-refractivity contribution is -0.114. The Kier molecular flexibility index (Phi) is 2.70. The fourth-order valence-corrected chi connectivity index (χ4v) is 2.44. The second kappa shape index (κ2) is 4.27. The monoisotopic (exact) mass is 287 g/mol. The zero-order valence-corrected chi connectivity index (χ0v) is 11.0. The molecule has 0 saturated carbocycles. The van der Waals surface area contributed by atoms with E-state index in [1.807, 2.05) is 0 Å². The summed E-state index contributed by atoms with van der Waals surface area (Å²) in [5, 5.41) is 16.6. The van der Waals surface area contributed by atoms with Crippen LogP contribution in [0, 0.1) is 11.3 Å². The number of carbonyl (C=O) groups excluding carboxylic acids is 1. The summed E-state index contributed by atoms with van der Waals surface area (Å²) >= 11 is 12.0. The van der Waals surface area contributed by atoms with Crippen molar-refractivity contribution in [1.29, 1.82) is 5.26 Å². The molecule has 0 bridgehead atoms. The van der Waals surface area contributed by atoms with E-state index in [0.29, 0.717) is 26.2 Å². The van der Waals surface area contributed by atoms with Crippen LogP contribution < -0.4 is 15.8 Å². The van der Waals surface area contributed by atoms with Gasteiger partial charge in [-0.2, -0.15) is 5.26 Å². The van der Waals surface area contributed by atoms with Gasteiger partial charge >= 0.3 is 0 Å². The van der Waals surface area contributed by atoms with E-state index in [0.717, 1.165) is 10.6 Å². The minimum absolute atomic E-state index is 0.337. The first-order valence-electron chi connectivity index (χ1n) is 5.39. The number of carbonyl (C=O) groups is 1. The standard InChI is InChI=1S/C14H5Cl2N2O/c15-12-3-9-8(5-17)1-7-2-14(19)18-6-11(7)10(9)4-13(12)16/h1-4,6H. The van der Waals surface area contributed by atoms with Crippen LogP contribution in [0.5, 0.6) is 0 Å². The number of hydrogen-bond donors (Lipinski definition) is 0. The molecule has 2 aromatic rings. The molecule has 1 radical (unpaired) electrons. The van der Waals surface area contributed by atoms with Crippen LogP contribution in [-0.2, 0) is 4.79 Å². The SMILES string of the molecule is N#Cc1cc2c(c3cc(Cl)c(Cl)cc13)=C[N]C(=O)C=2. The molecule has 2 aromatic carbocycles. The molecule has 0 aromatic heterocycles. The van der Waals surface area contributed by atoms with Crippen LogP contribution in [0.4, 0.5) is 0 Å². The van der Waals surface area contributed by atoms with Crippen molar-refractivity contribution >= 4 is 52.2 Å². The second-order valence-corrected chi connectivity index (χ2v) is 4.91. The third kappa shape index (κ3) is 1.86. The molecule has 19 heavy (non-hydrogen) atoms. The Bertz CT molecular complexity index is 895. The molecule has 3 nitrogen and oxygen atoms in total. The highest BCUT2D eigenvalue weighted by molar-refractivity contribution is 6.42. The van der Waals surface area contributed by atoms with Gasteiger partial charge < -0.3 is 0 Å². The van der Waals surface area contributed by atoms with E-state index in [4.69, 9.17) is 23.2 Å². The number of hydrogen-bond acceptors (Lipinski definition) is 2. The Morgan fingerprint density at radius 2 is 1.79 bits per heavy atom. The van der Waals surface area contributed by atoms with Gasteiger partial charge in [-0.3, -0.25) is 4.79 Å². The minimum atomic E-state index is -0.337. The van der Waals surface area contributed by atoms with Gasteiger partial charge in [0.15, 0.2) is 0 Å². The van der Waals surface area contributed by atoms with Crippen LogP contribution in [-0.4, -0.2) is 5.91 Å². The van der Waals surface area contributed by atoms with Crippen LogP contribution in [0.25, 0.3) is 23.0 Å². The average Bonchev–Trinajstić information content (AvgIpc) is 2.39. The summed E-state index contributed by atoms with van der Waals surface area (Å²) in [6.45, 7) is 0. The third-order valence-corrected chi connectivity index (χ3v) is 3.69. The fraction of sp³-hybridized carbons (Fsp3) is 0. The second-order valence-electron chi connectivity index (χ2n) is 4.09. The molecule has 1 heterocycles. The molecule has 0 aliphatic carbocycles. The third-order valence-electron chi connectivity index (χ3n) is 2.97. The van der Waals surface area contributed by atoms with Crippen molar-refractivity contribution in [3.8, 4) is 6.07 Å². The van der Waals surface area contributed by atoms with Crippen LogP contribution in [0.1, 0.15) is 5.56 Å². The van der Waals surface area contributed by atoms with Crippen LogP contribution in [0.2, 0.25) is 10.0 Å². The van der Waals surface area contributed by atoms with Gasteiger partial charge in [-0.25, -0.2) is 5.32 Å². The number of benzene rings is 2. The molecule has 1 amide bonds. The average molecular weight is 288 g/mol. The number of amides is 1. The largest absolute Gasteiger partial charge is 0.270 e. The van der Waals surface area contributed by atoms with E-state index in [-0.39, 0.29) is 5.91 Å². The maximum absolute atomic E-state index is 11.3. The summed E-state index contributed by atoms with van der Waals surface area (Å²) < 4.78 is 0. The normalized spacial score (nSPS) is 13.0. The van der Waals surface area contributed by atoms with Gasteiger partial charge in [0.2, 0.25) is 0 Å². The van der Waals surface area contributed by atoms with Gasteiger partial charge in [-0.15, -0.1) is 0 Å². The lowest BCUT2D eigenvalue weighted by Gasteiger charge is -2.07. The molecule has 0 atom stereocenters. The highest BCUT2D eigenvalue weighted by Gasteiger charge is 2.11. The molecular weight excluding hydrogens is 283 g/mol. The quantitative estimate of drug-likeness (QED) is 0.740. The summed E-state index contributed by atoms with van der Waals surface area (Å²) in [6, 6.07) is 7.11. The van der Waals surface area contributed by atoms with Crippen LogP contribution in [0.3, 0.4) is 0 Å². The van der Waals surface area contributed by atoms with E-state index in [1.54, 1.807) is 18.2 Å². The summed E-state index contributed by atoms with van der Waals surface area (Å²) in [4.78, 5) is 11.3. The van der Waals surface area contributed by atoms with Crippen molar-refractivity contribution < 1.29 is 4.79 Å². The van der Waals surface area contributed by atoms with E-state index in [9.17, 15) is 10.1 Å². The van der Waals surface area contributed by atoms with Crippen molar-refractivity contribution in [3.63, 3.8) is 0 Å². The van der Waals surface area contributed by atoms with E-state index < -0.39 is 0 Å². The van der Waals surface area contributed by atoms with Gasteiger partial charge in [0.1, 0.15) is 0 Å². The summed E-state index contributed by atoms with van der Waals surface area (Å²) in [5.74, 6) is -0.337. The maximum Gasteiger partial charge on any atom is 0.270 e. The first kappa shape index (κ1) is 12.0. The summed E-state index contributed by atoms with van der Waals surface area (Å²) in [5.41, 5.74) is 0.451. The predicted molar refractivity (Wildman–Crippen MR) is 74.0 cm³/mol. The number of nitriles is 1. The Labute approximate surface area is 118 Å². The van der Waals surface area contributed by atoms with Gasteiger partial charge in [0.25, 0.3) is 5.91 Å². The summed E-state index contributed by atoms with van der Waals surface area (Å²) in [7, 11) is 0. The Morgan fingerprint density at radius 1 is 1.11 bits per heavy atom. The van der Waals surface area contributed by atoms with Crippen LogP contribution in [0.15, 0.2) is 18.2 Å². The molecule has 0 unspecified atom stereocenters. The highest BCUT2D eigenvalue weighted by Crippen LogP contribution is 2.27. The Hall–Kier alpha value is -2.02.